The van der Waals surface area contributed by atoms with Gasteiger partial charge in [-0.05, 0) is 28.7 Å². The Bertz CT molecular complexity index is 343. The molecule has 0 unspecified atom stereocenters. The number of hydrogen-bond donors (Lipinski definition) is 1. The minimum Gasteiger partial charge on any atom is -0.317 e. The van der Waals surface area contributed by atoms with E-state index in [2.05, 4.69) is 0 Å². The van der Waals surface area contributed by atoms with Gasteiger partial charge in [-0.3, -0.25) is 4.79 Å². The zero-order valence-electron chi connectivity index (χ0n) is 5.57. The first-order valence-corrected chi connectivity index (χ1v) is 3.95. The standard InChI is InChI=1S/C6H3F3INO/c7-6(8,9)5-3(10)1-2-4(12)11-5/h1-2H,(H,11,12). The normalized spacial score (nSPS) is 11.7. The van der Waals surface area contributed by atoms with E-state index in [1.54, 1.807) is 4.98 Å². The molecule has 0 bridgehead atoms. The monoisotopic (exact) mass is 289 g/mol. The zero-order chi connectivity index (χ0) is 9.35. The van der Waals surface area contributed by atoms with Crippen LogP contribution in [-0.2, 0) is 6.18 Å². The predicted octanol–water partition coefficient (Wildman–Crippen LogP) is 2.00. The molecule has 0 saturated heterocycles. The van der Waals surface area contributed by atoms with Gasteiger partial charge in [0.15, 0.2) is 0 Å². The first-order valence-electron chi connectivity index (χ1n) is 2.87. The number of halogens is 4. The molecule has 0 atom stereocenters. The van der Waals surface area contributed by atoms with Crippen LogP contribution in [0.5, 0.6) is 0 Å². The van der Waals surface area contributed by atoms with E-state index in [4.69, 9.17) is 0 Å². The minimum absolute atomic E-state index is 0.0142. The molecule has 1 heterocycles. The Morgan fingerprint density at radius 3 is 2.33 bits per heavy atom. The topological polar surface area (TPSA) is 32.9 Å². The highest BCUT2D eigenvalue weighted by atomic mass is 127. The highest BCUT2D eigenvalue weighted by Gasteiger charge is 2.33. The molecule has 0 spiro atoms. The Morgan fingerprint density at radius 2 is 1.92 bits per heavy atom. The Kier molecular flexibility index (Phi) is 2.45. The number of aromatic amines is 1. The predicted molar refractivity (Wildman–Crippen MR) is 44.8 cm³/mol. The van der Waals surface area contributed by atoms with Gasteiger partial charge >= 0.3 is 6.18 Å². The molecule has 1 aromatic rings. The lowest BCUT2D eigenvalue weighted by molar-refractivity contribution is -0.142. The van der Waals surface area contributed by atoms with Gasteiger partial charge in [-0.1, -0.05) is 0 Å². The third-order valence-electron chi connectivity index (χ3n) is 1.15. The molecule has 0 aliphatic heterocycles. The summed E-state index contributed by atoms with van der Waals surface area (Å²) in [6, 6.07) is 2.18. The largest absolute Gasteiger partial charge is 0.432 e. The van der Waals surface area contributed by atoms with E-state index in [-0.39, 0.29) is 3.57 Å². The van der Waals surface area contributed by atoms with Crippen molar-refractivity contribution in [2.45, 2.75) is 6.18 Å². The number of H-pyrrole nitrogens is 1. The van der Waals surface area contributed by atoms with E-state index in [1.807, 2.05) is 0 Å². The molecule has 0 amide bonds. The van der Waals surface area contributed by atoms with Crippen LogP contribution in [0.2, 0.25) is 0 Å². The van der Waals surface area contributed by atoms with Crippen molar-refractivity contribution in [2.75, 3.05) is 0 Å². The Hall–Kier alpha value is -0.530. The molecule has 0 radical (unpaired) electrons. The summed E-state index contributed by atoms with van der Waals surface area (Å²) < 4.78 is 36.1. The van der Waals surface area contributed by atoms with Crippen LogP contribution in [0.3, 0.4) is 0 Å². The van der Waals surface area contributed by atoms with E-state index in [0.717, 1.165) is 12.1 Å². The summed E-state index contributed by atoms with van der Waals surface area (Å²) in [7, 11) is 0. The van der Waals surface area contributed by atoms with Crippen LogP contribution in [0, 0.1) is 3.57 Å². The number of rotatable bonds is 0. The van der Waals surface area contributed by atoms with Gasteiger partial charge in [-0.15, -0.1) is 0 Å². The van der Waals surface area contributed by atoms with Crippen LogP contribution in [0.15, 0.2) is 16.9 Å². The number of alkyl halides is 3. The Morgan fingerprint density at radius 1 is 1.33 bits per heavy atom. The summed E-state index contributed by atoms with van der Waals surface area (Å²) in [6.07, 6.45) is -4.49. The summed E-state index contributed by atoms with van der Waals surface area (Å²) in [6.45, 7) is 0. The van der Waals surface area contributed by atoms with Gasteiger partial charge in [-0.2, -0.15) is 13.2 Å². The van der Waals surface area contributed by atoms with Gasteiger partial charge < -0.3 is 4.98 Å². The van der Waals surface area contributed by atoms with Crippen LogP contribution in [-0.4, -0.2) is 4.98 Å². The molecule has 66 valence electrons. The second kappa shape index (κ2) is 3.08. The molecule has 1 N–H and O–H groups in total. The zero-order valence-corrected chi connectivity index (χ0v) is 7.73. The fourth-order valence-corrected chi connectivity index (χ4v) is 1.28. The van der Waals surface area contributed by atoms with Gasteiger partial charge in [0, 0.05) is 9.64 Å². The maximum absolute atomic E-state index is 12.1. The van der Waals surface area contributed by atoms with Crippen molar-refractivity contribution in [1.82, 2.24) is 4.98 Å². The third kappa shape index (κ3) is 1.99. The Labute approximate surface area is 78.9 Å². The lowest BCUT2D eigenvalue weighted by Gasteiger charge is -2.06. The molecular weight excluding hydrogens is 286 g/mol. The van der Waals surface area contributed by atoms with Crippen molar-refractivity contribution >= 4 is 22.6 Å². The van der Waals surface area contributed by atoms with Crippen LogP contribution < -0.4 is 5.56 Å². The van der Waals surface area contributed by atoms with Gasteiger partial charge in [0.25, 0.3) is 0 Å². The molecule has 2 nitrogen and oxygen atoms in total. The molecule has 0 aliphatic carbocycles. The second-order valence-electron chi connectivity index (χ2n) is 2.04. The summed E-state index contributed by atoms with van der Waals surface area (Å²) in [5.74, 6) is 0. The quantitative estimate of drug-likeness (QED) is 0.728. The van der Waals surface area contributed by atoms with Gasteiger partial charge in [0.1, 0.15) is 5.69 Å². The van der Waals surface area contributed by atoms with Crippen LogP contribution in [0.4, 0.5) is 13.2 Å². The number of pyridine rings is 1. The number of nitrogens with one attached hydrogen (secondary N) is 1. The van der Waals surface area contributed by atoms with E-state index in [0.29, 0.717) is 0 Å². The number of hydrogen-bond acceptors (Lipinski definition) is 1. The molecule has 0 fully saturated rings. The molecule has 6 heteroatoms. The average molecular weight is 289 g/mol. The van der Waals surface area contributed by atoms with Crippen molar-refractivity contribution in [3.8, 4) is 0 Å². The molecule has 1 rings (SSSR count). The fourth-order valence-electron chi connectivity index (χ4n) is 0.663. The summed E-state index contributed by atoms with van der Waals surface area (Å²) in [4.78, 5) is 12.3. The molecule has 12 heavy (non-hydrogen) atoms. The van der Waals surface area contributed by atoms with Crippen molar-refractivity contribution in [2.24, 2.45) is 0 Å². The maximum Gasteiger partial charge on any atom is 0.432 e. The van der Waals surface area contributed by atoms with Gasteiger partial charge in [-0.25, -0.2) is 0 Å². The fraction of sp³-hybridized carbons (Fsp3) is 0.167. The van der Waals surface area contributed by atoms with Crippen LogP contribution in [0.1, 0.15) is 5.69 Å². The molecular formula is C6H3F3INO. The SMILES string of the molecule is O=c1ccc(I)c(C(F)(F)F)[nH]1. The molecule has 0 aliphatic rings. The van der Waals surface area contributed by atoms with Crippen molar-refractivity contribution in [3.63, 3.8) is 0 Å². The summed E-state index contributed by atoms with van der Waals surface area (Å²) >= 11 is 1.51. The average Bonchev–Trinajstić information content (AvgIpc) is 1.92. The molecule has 0 saturated carbocycles. The summed E-state index contributed by atoms with van der Waals surface area (Å²) in [5.41, 5.74) is -1.74. The van der Waals surface area contributed by atoms with Crippen LogP contribution in [0.25, 0.3) is 0 Å². The first kappa shape index (κ1) is 9.56. The van der Waals surface area contributed by atoms with E-state index < -0.39 is 17.4 Å². The second-order valence-corrected chi connectivity index (χ2v) is 3.21. The highest BCUT2D eigenvalue weighted by molar-refractivity contribution is 14.1. The van der Waals surface area contributed by atoms with Crippen molar-refractivity contribution < 1.29 is 13.2 Å². The van der Waals surface area contributed by atoms with Gasteiger partial charge in [0.05, 0.1) is 0 Å². The molecule has 1 aromatic heterocycles. The Balaban J connectivity index is 3.33. The van der Waals surface area contributed by atoms with E-state index >= 15 is 0 Å². The highest BCUT2D eigenvalue weighted by Crippen LogP contribution is 2.29. The smallest absolute Gasteiger partial charge is 0.317 e. The lowest BCUT2D eigenvalue weighted by Crippen LogP contribution is -2.17. The third-order valence-corrected chi connectivity index (χ3v) is 2.05. The van der Waals surface area contributed by atoms with E-state index in [9.17, 15) is 18.0 Å². The van der Waals surface area contributed by atoms with Gasteiger partial charge in [0.2, 0.25) is 5.56 Å². The van der Waals surface area contributed by atoms with Crippen LogP contribution >= 0.6 is 22.6 Å². The lowest BCUT2D eigenvalue weighted by atomic mass is 10.3. The number of aromatic nitrogens is 1. The minimum atomic E-state index is -4.49. The van der Waals surface area contributed by atoms with E-state index in [1.165, 1.54) is 22.6 Å². The first-order chi connectivity index (χ1) is 5.41. The van der Waals surface area contributed by atoms with Crippen molar-refractivity contribution in [1.29, 1.82) is 0 Å². The molecule has 0 aromatic carbocycles. The van der Waals surface area contributed by atoms with Crippen molar-refractivity contribution in [3.05, 3.63) is 31.8 Å². The summed E-state index contributed by atoms with van der Waals surface area (Å²) in [5, 5.41) is 0. The maximum atomic E-state index is 12.1.